The molecule has 0 fully saturated rings. The second-order valence-corrected chi connectivity index (χ2v) is 6.70. The standard InChI is InChI=1S/C20H40N2O/c1-2-3-4-5-6-7-8-9-10-11-12-13-14-15-16-19(17-18-21)20(22)23/h9-10,19H,2-8,11-18,21H2,1H3,(H2,22,23). The zero-order valence-electron chi connectivity index (χ0n) is 15.4. The molecule has 0 aromatic heterocycles. The van der Waals surface area contributed by atoms with E-state index in [-0.39, 0.29) is 11.8 Å². The van der Waals surface area contributed by atoms with Gasteiger partial charge in [0.05, 0.1) is 0 Å². The first-order valence-electron chi connectivity index (χ1n) is 9.86. The van der Waals surface area contributed by atoms with Crippen LogP contribution in [-0.2, 0) is 4.79 Å². The second kappa shape index (κ2) is 17.5. The topological polar surface area (TPSA) is 69.1 Å². The molecule has 1 atom stereocenters. The van der Waals surface area contributed by atoms with E-state index in [4.69, 9.17) is 11.5 Å². The summed E-state index contributed by atoms with van der Waals surface area (Å²) >= 11 is 0. The fourth-order valence-electron chi connectivity index (χ4n) is 2.91. The normalized spacial score (nSPS) is 12.8. The molecule has 136 valence electrons. The van der Waals surface area contributed by atoms with Crippen LogP contribution < -0.4 is 11.5 Å². The Balaban J connectivity index is 3.32. The number of hydrogen-bond acceptors (Lipinski definition) is 2. The summed E-state index contributed by atoms with van der Waals surface area (Å²) in [6.45, 7) is 2.82. The lowest BCUT2D eigenvalue weighted by Crippen LogP contribution is -2.25. The molecule has 0 radical (unpaired) electrons. The maximum atomic E-state index is 11.2. The molecule has 1 unspecified atom stereocenters. The first kappa shape index (κ1) is 22.2. The van der Waals surface area contributed by atoms with Crippen LogP contribution in [0.5, 0.6) is 0 Å². The van der Waals surface area contributed by atoms with Gasteiger partial charge in [0.2, 0.25) is 5.91 Å². The largest absolute Gasteiger partial charge is 0.369 e. The summed E-state index contributed by atoms with van der Waals surface area (Å²) in [6, 6.07) is 0. The van der Waals surface area contributed by atoms with Gasteiger partial charge in [-0.15, -0.1) is 0 Å². The SMILES string of the molecule is CCCCCCCCC=CCCCCCCC(CCN)C(N)=O. The van der Waals surface area contributed by atoms with Crippen LogP contribution in [-0.4, -0.2) is 12.5 Å². The van der Waals surface area contributed by atoms with Crippen molar-refractivity contribution in [3.05, 3.63) is 12.2 Å². The van der Waals surface area contributed by atoms with Crippen molar-refractivity contribution in [1.29, 1.82) is 0 Å². The van der Waals surface area contributed by atoms with E-state index in [9.17, 15) is 4.79 Å². The van der Waals surface area contributed by atoms with E-state index < -0.39 is 0 Å². The highest BCUT2D eigenvalue weighted by Crippen LogP contribution is 2.14. The lowest BCUT2D eigenvalue weighted by Gasteiger charge is -2.11. The van der Waals surface area contributed by atoms with Crippen LogP contribution in [0, 0.1) is 5.92 Å². The third kappa shape index (κ3) is 15.8. The van der Waals surface area contributed by atoms with Gasteiger partial charge in [0.15, 0.2) is 0 Å². The third-order valence-corrected chi connectivity index (χ3v) is 4.48. The maximum Gasteiger partial charge on any atom is 0.220 e. The summed E-state index contributed by atoms with van der Waals surface area (Å²) in [7, 11) is 0. The Morgan fingerprint density at radius 1 is 0.826 bits per heavy atom. The van der Waals surface area contributed by atoms with E-state index in [0.29, 0.717) is 6.54 Å². The lowest BCUT2D eigenvalue weighted by molar-refractivity contribution is -0.122. The lowest BCUT2D eigenvalue weighted by atomic mass is 9.96. The predicted octanol–water partition coefficient (Wildman–Crippen LogP) is 5.08. The molecule has 3 heteroatoms. The Morgan fingerprint density at radius 2 is 1.35 bits per heavy atom. The molecule has 0 aliphatic heterocycles. The van der Waals surface area contributed by atoms with Gasteiger partial charge in [-0.3, -0.25) is 4.79 Å². The number of hydrogen-bond donors (Lipinski definition) is 2. The molecule has 4 N–H and O–H groups in total. The average molecular weight is 325 g/mol. The monoisotopic (exact) mass is 324 g/mol. The minimum atomic E-state index is -0.187. The van der Waals surface area contributed by atoms with Crippen molar-refractivity contribution in [3.63, 3.8) is 0 Å². The van der Waals surface area contributed by atoms with Crippen LogP contribution in [0.25, 0.3) is 0 Å². The van der Waals surface area contributed by atoms with Crippen molar-refractivity contribution in [2.24, 2.45) is 17.4 Å². The summed E-state index contributed by atoms with van der Waals surface area (Å²) in [5.74, 6) is -0.203. The van der Waals surface area contributed by atoms with E-state index in [1.165, 1.54) is 70.6 Å². The van der Waals surface area contributed by atoms with Crippen molar-refractivity contribution in [2.75, 3.05) is 6.54 Å². The van der Waals surface area contributed by atoms with E-state index in [1.54, 1.807) is 0 Å². The Morgan fingerprint density at radius 3 is 1.87 bits per heavy atom. The minimum absolute atomic E-state index is 0.0165. The number of amides is 1. The van der Waals surface area contributed by atoms with Crippen molar-refractivity contribution in [3.8, 4) is 0 Å². The molecule has 0 saturated carbocycles. The van der Waals surface area contributed by atoms with E-state index >= 15 is 0 Å². The van der Waals surface area contributed by atoms with Gasteiger partial charge >= 0.3 is 0 Å². The molecular weight excluding hydrogens is 284 g/mol. The van der Waals surface area contributed by atoms with Gasteiger partial charge in [0.25, 0.3) is 0 Å². The highest BCUT2D eigenvalue weighted by Gasteiger charge is 2.13. The van der Waals surface area contributed by atoms with Gasteiger partial charge in [0, 0.05) is 5.92 Å². The molecule has 0 bridgehead atoms. The molecule has 1 amide bonds. The van der Waals surface area contributed by atoms with Gasteiger partial charge in [-0.1, -0.05) is 70.4 Å². The first-order valence-corrected chi connectivity index (χ1v) is 9.86. The van der Waals surface area contributed by atoms with Crippen molar-refractivity contribution >= 4 is 5.91 Å². The van der Waals surface area contributed by atoms with Crippen LogP contribution in [0.2, 0.25) is 0 Å². The Kier molecular flexibility index (Phi) is 16.9. The number of carbonyl (C=O) groups excluding carboxylic acids is 1. The zero-order valence-corrected chi connectivity index (χ0v) is 15.4. The van der Waals surface area contributed by atoms with Crippen LogP contribution in [0.1, 0.15) is 96.8 Å². The van der Waals surface area contributed by atoms with Gasteiger partial charge in [-0.05, 0) is 45.1 Å². The molecule has 0 heterocycles. The number of primary amides is 1. The van der Waals surface area contributed by atoms with Crippen molar-refractivity contribution < 1.29 is 4.79 Å². The minimum Gasteiger partial charge on any atom is -0.369 e. The quantitative estimate of drug-likeness (QED) is 0.289. The van der Waals surface area contributed by atoms with E-state index in [0.717, 1.165) is 19.3 Å². The van der Waals surface area contributed by atoms with E-state index in [1.807, 2.05) is 0 Å². The predicted molar refractivity (Wildman–Crippen MR) is 101 cm³/mol. The Hall–Kier alpha value is -0.830. The van der Waals surface area contributed by atoms with Gasteiger partial charge in [-0.25, -0.2) is 0 Å². The maximum absolute atomic E-state index is 11.2. The Bertz CT molecular complexity index is 289. The number of rotatable bonds is 17. The molecule has 0 aliphatic carbocycles. The smallest absolute Gasteiger partial charge is 0.220 e. The summed E-state index contributed by atoms with van der Waals surface area (Å²) < 4.78 is 0. The summed E-state index contributed by atoms with van der Waals surface area (Å²) in [5.41, 5.74) is 10.9. The van der Waals surface area contributed by atoms with Crippen LogP contribution >= 0.6 is 0 Å². The van der Waals surface area contributed by atoms with Crippen molar-refractivity contribution in [2.45, 2.75) is 96.8 Å². The van der Waals surface area contributed by atoms with Gasteiger partial charge in [-0.2, -0.15) is 0 Å². The third-order valence-electron chi connectivity index (χ3n) is 4.48. The fourth-order valence-corrected chi connectivity index (χ4v) is 2.91. The molecule has 0 aromatic carbocycles. The van der Waals surface area contributed by atoms with E-state index in [2.05, 4.69) is 19.1 Å². The molecule has 3 nitrogen and oxygen atoms in total. The summed E-state index contributed by atoms with van der Waals surface area (Å²) in [4.78, 5) is 11.2. The van der Waals surface area contributed by atoms with Crippen LogP contribution in [0.4, 0.5) is 0 Å². The number of allylic oxidation sites excluding steroid dienone is 2. The number of nitrogens with two attached hydrogens (primary N) is 2. The Labute approximate surface area is 144 Å². The number of unbranched alkanes of at least 4 members (excludes halogenated alkanes) is 10. The first-order chi connectivity index (χ1) is 11.2. The average Bonchev–Trinajstić information content (AvgIpc) is 2.54. The zero-order chi connectivity index (χ0) is 17.2. The summed E-state index contributed by atoms with van der Waals surface area (Å²) in [5, 5.41) is 0. The fraction of sp³-hybridized carbons (Fsp3) is 0.850. The van der Waals surface area contributed by atoms with Gasteiger partial charge < -0.3 is 11.5 Å². The van der Waals surface area contributed by atoms with Crippen LogP contribution in [0.3, 0.4) is 0 Å². The molecule has 23 heavy (non-hydrogen) atoms. The molecule has 0 aromatic rings. The molecule has 0 rings (SSSR count). The molecule has 0 spiro atoms. The van der Waals surface area contributed by atoms with Gasteiger partial charge in [0.1, 0.15) is 0 Å². The molecule has 0 saturated heterocycles. The molecular formula is C20H40N2O. The molecule has 0 aliphatic rings. The highest BCUT2D eigenvalue weighted by atomic mass is 16.1. The highest BCUT2D eigenvalue weighted by molar-refractivity contribution is 5.76. The summed E-state index contributed by atoms with van der Waals surface area (Å²) in [6.07, 6.45) is 21.8. The second-order valence-electron chi connectivity index (χ2n) is 6.70. The van der Waals surface area contributed by atoms with Crippen molar-refractivity contribution in [1.82, 2.24) is 0 Å². The number of carbonyl (C=O) groups is 1. The van der Waals surface area contributed by atoms with Crippen LogP contribution in [0.15, 0.2) is 12.2 Å².